The van der Waals surface area contributed by atoms with E-state index in [2.05, 4.69) is 20.3 Å². The number of nitrogens with one attached hydrogen (secondary N) is 1. The van der Waals surface area contributed by atoms with Crippen molar-refractivity contribution < 1.29 is 13.2 Å². The van der Waals surface area contributed by atoms with Crippen LogP contribution in [-0.4, -0.2) is 29.0 Å². The number of pyridine rings is 1. The molecule has 0 radical (unpaired) electrons. The van der Waals surface area contributed by atoms with Crippen molar-refractivity contribution in [2.45, 2.75) is 19.1 Å². The normalized spacial score (nSPS) is 12.5. The van der Waals surface area contributed by atoms with E-state index in [1.165, 1.54) is 4.90 Å². The lowest BCUT2D eigenvalue weighted by Gasteiger charge is -2.21. The Hall–Kier alpha value is -3.16. The number of alkyl halides is 3. The molecule has 0 fully saturated rings. The van der Waals surface area contributed by atoms with E-state index in [1.807, 2.05) is 37.3 Å². The van der Waals surface area contributed by atoms with Gasteiger partial charge < -0.3 is 10.2 Å². The summed E-state index contributed by atoms with van der Waals surface area (Å²) in [5, 5.41) is 3.04. The molecule has 8 heteroatoms. The molecule has 3 rings (SSSR count). The summed E-state index contributed by atoms with van der Waals surface area (Å²) in [5.41, 5.74) is 1.53. The van der Waals surface area contributed by atoms with Crippen LogP contribution in [0.4, 0.5) is 24.9 Å². The molecule has 5 nitrogen and oxygen atoms in total. The smallest absolute Gasteiger partial charge is 0.363 e. The van der Waals surface area contributed by atoms with Gasteiger partial charge in [-0.15, -0.1) is 0 Å². The SMILES string of the molecule is Cc1cccc(C(Nc2nc(N(C)C)cc(C(F)(F)F)n2)c2ccccn2)c1. The maximum absolute atomic E-state index is 13.3. The Morgan fingerprint density at radius 2 is 1.79 bits per heavy atom. The Kier molecular flexibility index (Phi) is 5.48. The predicted molar refractivity (Wildman–Crippen MR) is 102 cm³/mol. The largest absolute Gasteiger partial charge is 0.433 e. The molecule has 0 aliphatic heterocycles. The number of hydrogen-bond donors (Lipinski definition) is 1. The van der Waals surface area contributed by atoms with Gasteiger partial charge in [0.2, 0.25) is 5.95 Å². The Morgan fingerprint density at radius 3 is 2.39 bits per heavy atom. The molecule has 1 N–H and O–H groups in total. The average Bonchev–Trinajstić information content (AvgIpc) is 2.66. The number of benzene rings is 1. The van der Waals surface area contributed by atoms with Gasteiger partial charge in [-0.1, -0.05) is 35.9 Å². The summed E-state index contributed by atoms with van der Waals surface area (Å²) in [6, 6.07) is 13.5. The molecule has 146 valence electrons. The molecule has 1 atom stereocenters. The highest BCUT2D eigenvalue weighted by Crippen LogP contribution is 2.32. The molecular formula is C20H20F3N5. The van der Waals surface area contributed by atoms with E-state index < -0.39 is 17.9 Å². The lowest BCUT2D eigenvalue weighted by molar-refractivity contribution is -0.141. The van der Waals surface area contributed by atoms with Gasteiger partial charge in [-0.2, -0.15) is 18.2 Å². The summed E-state index contributed by atoms with van der Waals surface area (Å²) in [6.45, 7) is 1.95. The van der Waals surface area contributed by atoms with E-state index in [4.69, 9.17) is 0 Å². The Labute approximate surface area is 161 Å². The predicted octanol–water partition coefficient (Wildman–Crippen LogP) is 4.47. The Morgan fingerprint density at radius 1 is 1.00 bits per heavy atom. The van der Waals surface area contributed by atoms with Gasteiger partial charge in [-0.05, 0) is 24.6 Å². The molecule has 0 amide bonds. The Bertz CT molecular complexity index is 942. The van der Waals surface area contributed by atoms with Gasteiger partial charge in [0.05, 0.1) is 11.7 Å². The molecule has 28 heavy (non-hydrogen) atoms. The summed E-state index contributed by atoms with van der Waals surface area (Å²) < 4.78 is 39.9. The second-order valence-electron chi connectivity index (χ2n) is 6.57. The number of halogens is 3. The number of aromatic nitrogens is 3. The molecule has 2 heterocycles. The molecule has 0 bridgehead atoms. The summed E-state index contributed by atoms with van der Waals surface area (Å²) in [5.74, 6) is 0.0459. The second kappa shape index (κ2) is 7.84. The van der Waals surface area contributed by atoms with Gasteiger partial charge in [0.15, 0.2) is 5.69 Å². The zero-order valence-electron chi connectivity index (χ0n) is 15.7. The van der Waals surface area contributed by atoms with E-state index in [0.717, 1.165) is 17.2 Å². The van der Waals surface area contributed by atoms with Crippen LogP contribution in [0, 0.1) is 6.92 Å². The first-order valence-corrected chi connectivity index (χ1v) is 8.61. The van der Waals surface area contributed by atoms with Crippen molar-refractivity contribution in [2.24, 2.45) is 0 Å². The van der Waals surface area contributed by atoms with Crippen LogP contribution >= 0.6 is 0 Å². The molecule has 0 aliphatic carbocycles. The van der Waals surface area contributed by atoms with E-state index in [0.29, 0.717) is 5.69 Å². The topological polar surface area (TPSA) is 53.9 Å². The molecule has 0 aliphatic rings. The monoisotopic (exact) mass is 387 g/mol. The fourth-order valence-corrected chi connectivity index (χ4v) is 2.73. The van der Waals surface area contributed by atoms with E-state index in [-0.39, 0.29) is 11.8 Å². The van der Waals surface area contributed by atoms with Crippen LogP contribution in [0.25, 0.3) is 0 Å². The molecular weight excluding hydrogens is 367 g/mol. The van der Waals surface area contributed by atoms with Crippen LogP contribution in [-0.2, 0) is 6.18 Å². The minimum absolute atomic E-state index is 0.115. The first kappa shape index (κ1) is 19.6. The zero-order valence-corrected chi connectivity index (χ0v) is 15.7. The summed E-state index contributed by atoms with van der Waals surface area (Å²) in [6.07, 6.45) is -2.94. The van der Waals surface area contributed by atoms with Crippen LogP contribution < -0.4 is 10.2 Å². The van der Waals surface area contributed by atoms with Crippen molar-refractivity contribution in [3.63, 3.8) is 0 Å². The van der Waals surface area contributed by atoms with Crippen molar-refractivity contribution in [1.29, 1.82) is 0 Å². The average molecular weight is 387 g/mol. The zero-order chi connectivity index (χ0) is 20.3. The quantitative estimate of drug-likeness (QED) is 0.700. The van der Waals surface area contributed by atoms with Crippen molar-refractivity contribution >= 4 is 11.8 Å². The molecule has 3 aromatic rings. The molecule has 1 aromatic carbocycles. The highest BCUT2D eigenvalue weighted by molar-refractivity contribution is 5.47. The van der Waals surface area contributed by atoms with Gasteiger partial charge in [-0.3, -0.25) is 4.98 Å². The summed E-state index contributed by atoms with van der Waals surface area (Å²) in [4.78, 5) is 13.8. The third kappa shape index (κ3) is 4.57. The van der Waals surface area contributed by atoms with Crippen molar-refractivity contribution in [2.75, 3.05) is 24.3 Å². The van der Waals surface area contributed by atoms with Crippen LogP contribution in [0.1, 0.15) is 28.6 Å². The van der Waals surface area contributed by atoms with Crippen molar-refractivity contribution in [3.05, 3.63) is 77.2 Å². The molecule has 0 spiro atoms. The summed E-state index contributed by atoms with van der Waals surface area (Å²) >= 11 is 0. The van der Waals surface area contributed by atoms with E-state index in [9.17, 15) is 13.2 Å². The van der Waals surface area contributed by atoms with Crippen molar-refractivity contribution in [1.82, 2.24) is 15.0 Å². The molecule has 0 saturated heterocycles. The highest BCUT2D eigenvalue weighted by Gasteiger charge is 2.34. The van der Waals surface area contributed by atoms with Crippen molar-refractivity contribution in [3.8, 4) is 0 Å². The number of anilines is 2. The first-order valence-electron chi connectivity index (χ1n) is 8.61. The van der Waals surface area contributed by atoms with Gasteiger partial charge >= 0.3 is 6.18 Å². The van der Waals surface area contributed by atoms with Gasteiger partial charge in [0.1, 0.15) is 5.82 Å². The maximum atomic E-state index is 13.3. The van der Waals surface area contributed by atoms with Crippen LogP contribution in [0.5, 0.6) is 0 Å². The van der Waals surface area contributed by atoms with Gasteiger partial charge in [0.25, 0.3) is 0 Å². The lowest BCUT2D eigenvalue weighted by atomic mass is 10.0. The lowest BCUT2D eigenvalue weighted by Crippen LogP contribution is -2.20. The first-order chi connectivity index (χ1) is 13.2. The standard InChI is InChI=1S/C20H20F3N5/c1-13-7-6-8-14(11-13)18(15-9-4-5-10-24-15)27-19-25-16(20(21,22)23)12-17(26-19)28(2)3/h4-12,18H,1-3H3,(H,25,26,27). The second-order valence-corrected chi connectivity index (χ2v) is 6.57. The van der Waals surface area contributed by atoms with Crippen LogP contribution in [0.2, 0.25) is 0 Å². The summed E-state index contributed by atoms with van der Waals surface area (Å²) in [7, 11) is 3.26. The molecule has 2 aromatic heterocycles. The number of nitrogens with zero attached hydrogens (tertiary/aromatic N) is 4. The number of aryl methyl sites for hydroxylation is 1. The van der Waals surface area contributed by atoms with Gasteiger partial charge in [0, 0.05) is 26.4 Å². The third-order valence-electron chi connectivity index (χ3n) is 4.09. The van der Waals surface area contributed by atoms with Crippen LogP contribution in [0.3, 0.4) is 0 Å². The fraction of sp³-hybridized carbons (Fsp3) is 0.250. The third-order valence-corrected chi connectivity index (χ3v) is 4.09. The van der Waals surface area contributed by atoms with E-state index >= 15 is 0 Å². The minimum Gasteiger partial charge on any atom is -0.363 e. The van der Waals surface area contributed by atoms with E-state index in [1.54, 1.807) is 32.4 Å². The maximum Gasteiger partial charge on any atom is 0.433 e. The highest BCUT2D eigenvalue weighted by atomic mass is 19.4. The Balaban J connectivity index is 2.07. The van der Waals surface area contributed by atoms with Gasteiger partial charge in [-0.25, -0.2) is 4.98 Å². The van der Waals surface area contributed by atoms with Crippen LogP contribution in [0.15, 0.2) is 54.7 Å². The molecule has 1 unspecified atom stereocenters. The molecule has 0 saturated carbocycles. The number of hydrogen-bond acceptors (Lipinski definition) is 5. The minimum atomic E-state index is -4.58. The number of rotatable bonds is 5. The fourth-order valence-electron chi connectivity index (χ4n) is 2.73.